The van der Waals surface area contributed by atoms with E-state index >= 15 is 0 Å². The van der Waals surface area contributed by atoms with Gasteiger partial charge in [-0.3, -0.25) is 4.79 Å². The molecule has 2 atom stereocenters. The van der Waals surface area contributed by atoms with Crippen LogP contribution in [0.25, 0.3) is 11.0 Å². The van der Waals surface area contributed by atoms with Crippen LogP contribution in [0, 0.1) is 6.92 Å². The molecule has 1 amide bonds. The molecule has 6 heteroatoms. The number of hydrogen-bond acceptors (Lipinski definition) is 4. The Kier molecular flexibility index (Phi) is 4.15. The van der Waals surface area contributed by atoms with Gasteiger partial charge in [0.15, 0.2) is 0 Å². The monoisotopic (exact) mass is 364 g/mol. The Hall–Kier alpha value is -2.86. The van der Waals surface area contributed by atoms with E-state index in [1.807, 2.05) is 54.9 Å². The van der Waals surface area contributed by atoms with Gasteiger partial charge in [0.1, 0.15) is 11.3 Å². The van der Waals surface area contributed by atoms with Crippen molar-refractivity contribution in [1.29, 1.82) is 0 Å². The first-order valence-corrected chi connectivity index (χ1v) is 9.08. The number of anilines is 1. The fourth-order valence-corrected chi connectivity index (χ4v) is 3.82. The van der Waals surface area contributed by atoms with Crippen LogP contribution in [0.5, 0.6) is 0 Å². The van der Waals surface area contributed by atoms with Crippen molar-refractivity contribution in [3.8, 4) is 0 Å². The summed E-state index contributed by atoms with van der Waals surface area (Å²) in [4.78, 5) is 19.1. The number of amides is 1. The smallest absolute Gasteiger partial charge is 0.253 e. The lowest BCUT2D eigenvalue weighted by molar-refractivity contribution is 0.0824. The Morgan fingerprint density at radius 2 is 2.00 bits per heavy atom. The standard InChI is InChI=1S/C21H24N4O2/c1-12-22-20-16(25(12)4)10-15(21(27)24(2)3)14-11-17(26)18(23-19(14)20)13-8-6-5-7-9-13/h5-10,17-18,23,26H,11H2,1-4H3/t17-,18-/m1/s1. The van der Waals surface area contributed by atoms with E-state index in [1.165, 1.54) is 0 Å². The van der Waals surface area contributed by atoms with E-state index in [9.17, 15) is 9.90 Å². The maximum atomic E-state index is 12.8. The second kappa shape index (κ2) is 6.39. The molecule has 0 spiro atoms. The average molecular weight is 364 g/mol. The lowest BCUT2D eigenvalue weighted by Gasteiger charge is -2.33. The summed E-state index contributed by atoms with van der Waals surface area (Å²) in [5.74, 6) is 0.810. The molecule has 0 saturated heterocycles. The second-order valence-corrected chi connectivity index (χ2v) is 7.37. The van der Waals surface area contributed by atoms with E-state index in [2.05, 4.69) is 5.32 Å². The summed E-state index contributed by atoms with van der Waals surface area (Å²) >= 11 is 0. The zero-order chi connectivity index (χ0) is 19.3. The number of hydrogen-bond donors (Lipinski definition) is 2. The van der Waals surface area contributed by atoms with Crippen LogP contribution in [0.3, 0.4) is 0 Å². The maximum absolute atomic E-state index is 12.8. The molecule has 1 aliphatic rings. The van der Waals surface area contributed by atoms with Gasteiger partial charge in [0.05, 0.1) is 23.3 Å². The number of rotatable bonds is 2. The van der Waals surface area contributed by atoms with Crippen LogP contribution >= 0.6 is 0 Å². The van der Waals surface area contributed by atoms with Gasteiger partial charge in [-0.05, 0) is 24.1 Å². The first-order chi connectivity index (χ1) is 12.9. The molecule has 1 aliphatic heterocycles. The Labute approximate surface area is 158 Å². The normalized spacial score (nSPS) is 18.9. The summed E-state index contributed by atoms with van der Waals surface area (Å²) in [5, 5.41) is 14.3. The van der Waals surface area contributed by atoms with Crippen LogP contribution in [0.1, 0.15) is 33.4 Å². The van der Waals surface area contributed by atoms with E-state index in [0.717, 1.165) is 33.7 Å². The molecule has 0 fully saturated rings. The number of aromatic nitrogens is 2. The highest BCUT2D eigenvalue weighted by Gasteiger charge is 2.33. The van der Waals surface area contributed by atoms with Gasteiger partial charge in [0.25, 0.3) is 5.91 Å². The number of aliphatic hydroxyl groups excluding tert-OH is 1. The van der Waals surface area contributed by atoms with Crippen molar-refractivity contribution in [2.75, 3.05) is 19.4 Å². The van der Waals surface area contributed by atoms with Gasteiger partial charge in [-0.25, -0.2) is 4.98 Å². The summed E-state index contributed by atoms with van der Waals surface area (Å²) in [5.41, 5.74) is 5.06. The molecule has 2 heterocycles. The van der Waals surface area contributed by atoms with Gasteiger partial charge in [-0.15, -0.1) is 0 Å². The van der Waals surface area contributed by atoms with Crippen LogP contribution in [0.2, 0.25) is 0 Å². The third-order valence-electron chi connectivity index (χ3n) is 5.40. The number of nitrogens with zero attached hydrogens (tertiary/aromatic N) is 3. The quantitative estimate of drug-likeness (QED) is 0.733. The third kappa shape index (κ3) is 2.77. The summed E-state index contributed by atoms with van der Waals surface area (Å²) in [6, 6.07) is 11.5. The van der Waals surface area contributed by atoms with Crippen molar-refractivity contribution in [3.05, 3.63) is 58.9 Å². The topological polar surface area (TPSA) is 70.4 Å². The average Bonchev–Trinajstić information content (AvgIpc) is 2.95. The minimum Gasteiger partial charge on any atom is -0.390 e. The van der Waals surface area contributed by atoms with E-state index in [4.69, 9.17) is 4.98 Å². The SMILES string of the molecule is Cc1nc2c3c(c(C(=O)N(C)C)cc2n1C)C[C@@H](O)[C@@H](c1ccccc1)N3. The molecule has 0 radical (unpaired) electrons. The van der Waals surface area contributed by atoms with Gasteiger partial charge in [-0.2, -0.15) is 0 Å². The number of imidazole rings is 1. The molecule has 3 aromatic rings. The molecule has 27 heavy (non-hydrogen) atoms. The highest BCUT2D eigenvalue weighted by molar-refractivity contribution is 6.04. The second-order valence-electron chi connectivity index (χ2n) is 7.37. The predicted molar refractivity (Wildman–Crippen MR) is 106 cm³/mol. The van der Waals surface area contributed by atoms with Crippen LogP contribution in [0.15, 0.2) is 36.4 Å². The zero-order valence-corrected chi connectivity index (χ0v) is 16.0. The Bertz CT molecular complexity index is 1020. The minimum absolute atomic E-state index is 0.0702. The highest BCUT2D eigenvalue weighted by Crippen LogP contribution is 2.39. The lowest BCUT2D eigenvalue weighted by atomic mass is 9.87. The van der Waals surface area contributed by atoms with Gasteiger partial charge in [-0.1, -0.05) is 30.3 Å². The molecule has 0 unspecified atom stereocenters. The van der Waals surface area contributed by atoms with E-state index in [-0.39, 0.29) is 11.9 Å². The lowest BCUT2D eigenvalue weighted by Crippen LogP contribution is -2.34. The van der Waals surface area contributed by atoms with Crippen LogP contribution in [-0.4, -0.2) is 45.7 Å². The Morgan fingerprint density at radius 3 is 2.67 bits per heavy atom. The van der Waals surface area contributed by atoms with E-state index < -0.39 is 6.10 Å². The van der Waals surface area contributed by atoms with Gasteiger partial charge in [0.2, 0.25) is 0 Å². The van der Waals surface area contributed by atoms with Crippen LogP contribution in [-0.2, 0) is 13.5 Å². The zero-order valence-electron chi connectivity index (χ0n) is 16.0. The molecule has 0 aliphatic carbocycles. The molecule has 0 saturated carbocycles. The molecule has 0 bridgehead atoms. The molecule has 6 nitrogen and oxygen atoms in total. The van der Waals surface area contributed by atoms with E-state index in [1.54, 1.807) is 19.0 Å². The third-order valence-corrected chi connectivity index (χ3v) is 5.40. The highest BCUT2D eigenvalue weighted by atomic mass is 16.3. The summed E-state index contributed by atoms with van der Waals surface area (Å²) in [6.07, 6.45) is -0.224. The maximum Gasteiger partial charge on any atom is 0.253 e. The van der Waals surface area contributed by atoms with Crippen molar-refractivity contribution in [1.82, 2.24) is 14.5 Å². The number of benzene rings is 2. The summed E-state index contributed by atoms with van der Waals surface area (Å²) in [7, 11) is 5.44. The van der Waals surface area contributed by atoms with Crippen molar-refractivity contribution >= 4 is 22.6 Å². The number of fused-ring (bicyclic) bond motifs is 3. The number of nitrogens with one attached hydrogen (secondary N) is 1. The van der Waals surface area contributed by atoms with Gasteiger partial charge < -0.3 is 19.9 Å². The predicted octanol–water partition coefficient (Wildman–Crippen LogP) is 2.65. The van der Waals surface area contributed by atoms with Crippen LogP contribution < -0.4 is 5.32 Å². The molecule has 2 aromatic carbocycles. The Morgan fingerprint density at radius 1 is 1.30 bits per heavy atom. The number of carbonyl (C=O) groups is 1. The minimum atomic E-state index is -0.629. The van der Waals surface area contributed by atoms with Crippen molar-refractivity contribution < 1.29 is 9.90 Å². The summed E-state index contributed by atoms with van der Waals surface area (Å²) in [6.45, 7) is 1.95. The van der Waals surface area contributed by atoms with Crippen molar-refractivity contribution in [3.63, 3.8) is 0 Å². The number of carbonyl (C=O) groups excluding carboxylic acids is 1. The van der Waals surface area contributed by atoms with Crippen molar-refractivity contribution in [2.24, 2.45) is 7.05 Å². The molecule has 2 N–H and O–H groups in total. The first-order valence-electron chi connectivity index (χ1n) is 9.08. The fourth-order valence-electron chi connectivity index (χ4n) is 3.82. The molecular formula is C21H24N4O2. The number of aliphatic hydroxyl groups is 1. The van der Waals surface area contributed by atoms with Gasteiger partial charge >= 0.3 is 0 Å². The molecule has 1 aromatic heterocycles. The molecular weight excluding hydrogens is 340 g/mol. The Balaban J connectivity index is 1.94. The first kappa shape index (κ1) is 17.5. The number of aryl methyl sites for hydroxylation is 2. The summed E-state index contributed by atoms with van der Waals surface area (Å²) < 4.78 is 1.99. The molecule has 4 rings (SSSR count). The van der Waals surface area contributed by atoms with Crippen LogP contribution in [0.4, 0.5) is 5.69 Å². The van der Waals surface area contributed by atoms with Gasteiger partial charge in [0, 0.05) is 33.1 Å². The fraction of sp³-hybridized carbons (Fsp3) is 0.333. The largest absolute Gasteiger partial charge is 0.390 e. The van der Waals surface area contributed by atoms with E-state index in [0.29, 0.717) is 12.0 Å². The molecule has 140 valence electrons. The van der Waals surface area contributed by atoms with Crippen molar-refractivity contribution in [2.45, 2.75) is 25.5 Å².